The van der Waals surface area contributed by atoms with Crippen molar-refractivity contribution in [3.05, 3.63) is 83.1 Å². The monoisotopic (exact) mass is 538 g/mol. The number of fused-ring (bicyclic) bond motifs is 3. The zero-order chi connectivity index (χ0) is 26.8. The number of anilines is 1. The molecule has 0 saturated heterocycles. The van der Waals surface area contributed by atoms with Gasteiger partial charge in [0.25, 0.3) is 0 Å². The normalized spacial score (nSPS) is 12.8. The summed E-state index contributed by atoms with van der Waals surface area (Å²) in [6.45, 7) is -0.367. The highest BCUT2D eigenvalue weighted by Gasteiger charge is 2.31. The third-order valence-electron chi connectivity index (χ3n) is 6.26. The van der Waals surface area contributed by atoms with E-state index in [2.05, 4.69) is 4.98 Å². The smallest absolute Gasteiger partial charge is 0.414 e. The Labute approximate surface area is 222 Å². The summed E-state index contributed by atoms with van der Waals surface area (Å²) < 4.78 is 51.7. The van der Waals surface area contributed by atoms with Crippen LogP contribution in [0.3, 0.4) is 0 Å². The zero-order valence-corrected chi connectivity index (χ0v) is 21.7. The van der Waals surface area contributed by atoms with Crippen LogP contribution in [-0.2, 0) is 23.6 Å². The van der Waals surface area contributed by atoms with Crippen LogP contribution in [-0.4, -0.2) is 32.4 Å². The predicted octanol–water partition coefficient (Wildman–Crippen LogP) is 6.49. The number of carbonyl (C=O) groups excluding carboxylic acids is 1. The average Bonchev–Trinajstić information content (AvgIpc) is 2.94. The standard InChI is InChI=1S/C28H24F2N2O5S/c1-34-18-6-4-16(5-7-18)15-38-19-8-22(29)21(23(30)9-19)13-32-27-17(14-37-28(32)33)12-31-24-11-26(36-3)25(35-2)10-20(24)27/h4-12H,13-15H2,1-3H3. The van der Waals surface area contributed by atoms with E-state index in [0.717, 1.165) is 11.3 Å². The summed E-state index contributed by atoms with van der Waals surface area (Å²) in [5, 5.41) is 0.573. The largest absolute Gasteiger partial charge is 0.497 e. The molecule has 0 bridgehead atoms. The lowest BCUT2D eigenvalue weighted by Crippen LogP contribution is -2.36. The molecule has 10 heteroatoms. The van der Waals surface area contributed by atoms with Gasteiger partial charge in [0.15, 0.2) is 11.5 Å². The molecule has 1 aliphatic rings. The van der Waals surface area contributed by atoms with Crippen molar-refractivity contribution in [3.8, 4) is 17.2 Å². The molecular weight excluding hydrogens is 514 g/mol. The minimum atomic E-state index is -0.750. The molecule has 5 rings (SSSR count). The Bertz CT molecular complexity index is 1490. The van der Waals surface area contributed by atoms with Gasteiger partial charge in [-0.1, -0.05) is 12.1 Å². The van der Waals surface area contributed by atoms with Gasteiger partial charge in [-0.05, 0) is 35.9 Å². The van der Waals surface area contributed by atoms with Crippen LogP contribution in [0.15, 0.2) is 59.6 Å². The van der Waals surface area contributed by atoms with Crippen LogP contribution < -0.4 is 19.1 Å². The number of pyridine rings is 1. The van der Waals surface area contributed by atoms with Gasteiger partial charge in [-0.2, -0.15) is 0 Å². The molecule has 1 amide bonds. The minimum Gasteiger partial charge on any atom is -0.497 e. The third-order valence-corrected chi connectivity index (χ3v) is 7.30. The Balaban J connectivity index is 1.45. The number of hydrogen-bond donors (Lipinski definition) is 0. The molecule has 0 unspecified atom stereocenters. The number of methoxy groups -OCH3 is 3. The average molecular weight is 539 g/mol. The Morgan fingerprint density at radius 1 is 0.974 bits per heavy atom. The van der Waals surface area contributed by atoms with Gasteiger partial charge >= 0.3 is 6.09 Å². The molecule has 196 valence electrons. The van der Waals surface area contributed by atoms with Crippen LogP contribution in [0, 0.1) is 11.6 Å². The number of rotatable bonds is 8. The first-order valence-electron chi connectivity index (χ1n) is 11.6. The first kappa shape index (κ1) is 25.6. The molecule has 4 aromatic rings. The van der Waals surface area contributed by atoms with Crippen LogP contribution in [0.5, 0.6) is 17.2 Å². The quantitative estimate of drug-likeness (QED) is 0.238. The Kier molecular flexibility index (Phi) is 7.24. The number of aromatic nitrogens is 1. The van der Waals surface area contributed by atoms with Crippen molar-refractivity contribution >= 4 is 34.4 Å². The van der Waals surface area contributed by atoms with E-state index in [1.807, 2.05) is 24.3 Å². The summed E-state index contributed by atoms with van der Waals surface area (Å²) in [5.41, 5.74) is 2.35. The van der Waals surface area contributed by atoms with Crippen LogP contribution in [0.25, 0.3) is 10.9 Å². The number of amides is 1. The Morgan fingerprint density at radius 3 is 2.32 bits per heavy atom. The van der Waals surface area contributed by atoms with Gasteiger partial charge in [0.2, 0.25) is 0 Å². The van der Waals surface area contributed by atoms with Crippen molar-refractivity contribution in [3.63, 3.8) is 0 Å². The number of carbonyl (C=O) groups is 1. The third kappa shape index (κ3) is 4.91. The van der Waals surface area contributed by atoms with Crippen LogP contribution >= 0.6 is 11.8 Å². The molecule has 0 aliphatic carbocycles. The van der Waals surface area contributed by atoms with Gasteiger partial charge in [-0.25, -0.2) is 13.6 Å². The number of thioether (sulfide) groups is 1. The fraction of sp³-hybridized carbons (Fsp3) is 0.214. The molecule has 3 aromatic carbocycles. The van der Waals surface area contributed by atoms with Crippen molar-refractivity contribution in [1.29, 1.82) is 0 Å². The Morgan fingerprint density at radius 2 is 1.66 bits per heavy atom. The van der Waals surface area contributed by atoms with E-state index in [0.29, 0.717) is 44.3 Å². The van der Waals surface area contributed by atoms with Gasteiger partial charge in [-0.15, -0.1) is 11.8 Å². The summed E-state index contributed by atoms with van der Waals surface area (Å²) in [6.07, 6.45) is 0.866. The van der Waals surface area contributed by atoms with Crippen molar-refractivity contribution < 1.29 is 32.5 Å². The second-order valence-electron chi connectivity index (χ2n) is 8.50. The van der Waals surface area contributed by atoms with E-state index in [-0.39, 0.29) is 18.7 Å². The van der Waals surface area contributed by atoms with Crippen molar-refractivity contribution in [2.75, 3.05) is 26.2 Å². The van der Waals surface area contributed by atoms with E-state index in [1.165, 1.54) is 43.0 Å². The highest BCUT2D eigenvalue weighted by Crippen LogP contribution is 2.40. The van der Waals surface area contributed by atoms with E-state index in [9.17, 15) is 4.79 Å². The second-order valence-corrected chi connectivity index (χ2v) is 9.55. The molecule has 0 radical (unpaired) electrons. The molecule has 38 heavy (non-hydrogen) atoms. The Hall–Kier alpha value is -4.05. The highest BCUT2D eigenvalue weighted by molar-refractivity contribution is 7.98. The minimum absolute atomic E-state index is 0.00610. The van der Waals surface area contributed by atoms with E-state index >= 15 is 8.78 Å². The summed E-state index contributed by atoms with van der Waals surface area (Å²) in [4.78, 5) is 18.9. The predicted molar refractivity (Wildman–Crippen MR) is 140 cm³/mol. The maximum Gasteiger partial charge on any atom is 0.414 e. The lowest BCUT2D eigenvalue weighted by molar-refractivity contribution is 0.141. The zero-order valence-electron chi connectivity index (χ0n) is 20.9. The lowest BCUT2D eigenvalue weighted by atomic mass is 10.1. The van der Waals surface area contributed by atoms with Gasteiger partial charge in [-0.3, -0.25) is 9.88 Å². The van der Waals surface area contributed by atoms with Crippen molar-refractivity contribution in [2.24, 2.45) is 0 Å². The summed E-state index contributed by atoms with van der Waals surface area (Å²) in [6, 6.07) is 13.4. The van der Waals surface area contributed by atoms with Gasteiger partial charge < -0.3 is 18.9 Å². The van der Waals surface area contributed by atoms with Crippen LogP contribution in [0.4, 0.5) is 19.3 Å². The molecule has 0 fully saturated rings. The van der Waals surface area contributed by atoms with Gasteiger partial charge in [0.1, 0.15) is 24.0 Å². The molecule has 0 spiro atoms. The molecule has 0 atom stereocenters. The summed E-state index contributed by atoms with van der Waals surface area (Å²) in [7, 11) is 4.60. The molecule has 1 aliphatic heterocycles. The van der Waals surface area contributed by atoms with E-state index in [4.69, 9.17) is 18.9 Å². The van der Waals surface area contributed by atoms with Gasteiger partial charge in [0.05, 0.1) is 39.1 Å². The summed E-state index contributed by atoms with van der Waals surface area (Å²) >= 11 is 1.31. The van der Waals surface area contributed by atoms with Crippen LogP contribution in [0.2, 0.25) is 0 Å². The second kappa shape index (κ2) is 10.7. The van der Waals surface area contributed by atoms with Crippen molar-refractivity contribution in [1.82, 2.24) is 4.98 Å². The van der Waals surface area contributed by atoms with Crippen LogP contribution in [0.1, 0.15) is 16.7 Å². The first-order chi connectivity index (χ1) is 18.4. The lowest BCUT2D eigenvalue weighted by Gasteiger charge is -2.30. The molecule has 7 nitrogen and oxygen atoms in total. The maximum atomic E-state index is 15.2. The fourth-order valence-corrected chi connectivity index (χ4v) is 5.18. The molecule has 2 heterocycles. The number of benzene rings is 3. The fourth-order valence-electron chi connectivity index (χ4n) is 4.28. The maximum absolute atomic E-state index is 15.2. The molecule has 1 aromatic heterocycles. The van der Waals surface area contributed by atoms with Gasteiger partial charge in [0, 0.05) is 39.4 Å². The molecule has 0 saturated carbocycles. The van der Waals surface area contributed by atoms with E-state index in [1.54, 1.807) is 25.4 Å². The molecular formula is C28H24F2N2O5S. The first-order valence-corrected chi connectivity index (χ1v) is 12.6. The van der Waals surface area contributed by atoms with E-state index < -0.39 is 17.7 Å². The highest BCUT2D eigenvalue weighted by atomic mass is 32.2. The number of cyclic esters (lactones) is 1. The van der Waals surface area contributed by atoms with Crippen molar-refractivity contribution in [2.45, 2.75) is 23.8 Å². The molecule has 0 N–H and O–H groups in total. The number of ether oxygens (including phenoxy) is 4. The topological polar surface area (TPSA) is 70.1 Å². The number of hydrogen-bond acceptors (Lipinski definition) is 7. The summed E-state index contributed by atoms with van der Waals surface area (Å²) in [5.74, 6) is 0.666. The number of halogens is 2. The SMILES string of the molecule is COc1ccc(CSc2cc(F)c(CN3C(=O)OCc4cnc5cc(OC)c(OC)cc5c43)c(F)c2)cc1. The number of nitrogens with zero attached hydrogens (tertiary/aromatic N) is 2.